The highest BCUT2D eigenvalue weighted by Gasteiger charge is 2.37. The van der Waals surface area contributed by atoms with Gasteiger partial charge in [-0.25, -0.2) is 4.98 Å². The SMILES string of the molecule is FC(F)(F)c1cc(-c2cccc(-c3ccc(-c4nc5ccccc5s4)c4ccccc34)c2)cc(C(F)(F)F)c1. The number of alkyl halides is 6. The van der Waals surface area contributed by atoms with Crippen LogP contribution in [0.25, 0.3) is 53.8 Å². The molecule has 0 saturated carbocycles. The van der Waals surface area contributed by atoms with Gasteiger partial charge in [0.25, 0.3) is 0 Å². The summed E-state index contributed by atoms with van der Waals surface area (Å²) >= 11 is 1.58. The molecule has 0 spiro atoms. The Morgan fingerprint density at radius 1 is 0.513 bits per heavy atom. The maximum Gasteiger partial charge on any atom is 0.416 e. The third-order valence-corrected chi connectivity index (χ3v) is 7.61. The van der Waals surface area contributed by atoms with Crippen LogP contribution in [0.2, 0.25) is 0 Å². The minimum atomic E-state index is -4.92. The van der Waals surface area contributed by atoms with E-state index in [0.717, 1.165) is 49.3 Å². The molecule has 0 radical (unpaired) electrons. The first-order chi connectivity index (χ1) is 18.6. The molecule has 0 saturated heterocycles. The summed E-state index contributed by atoms with van der Waals surface area (Å²) in [7, 11) is 0. The van der Waals surface area contributed by atoms with Crippen LogP contribution in [-0.2, 0) is 12.4 Å². The molecule has 0 N–H and O–H groups in total. The lowest BCUT2D eigenvalue weighted by Gasteiger charge is -2.15. The van der Waals surface area contributed by atoms with Gasteiger partial charge in [-0.2, -0.15) is 26.3 Å². The molecular weight excluding hydrogens is 532 g/mol. The molecule has 0 unspecified atom stereocenters. The van der Waals surface area contributed by atoms with E-state index in [1.165, 1.54) is 6.07 Å². The molecule has 39 heavy (non-hydrogen) atoms. The van der Waals surface area contributed by atoms with Crippen LogP contribution in [0.4, 0.5) is 26.3 Å². The molecule has 0 fully saturated rings. The smallest absolute Gasteiger partial charge is 0.236 e. The highest BCUT2D eigenvalue weighted by Crippen LogP contribution is 2.41. The van der Waals surface area contributed by atoms with Crippen molar-refractivity contribution < 1.29 is 26.3 Å². The summed E-state index contributed by atoms with van der Waals surface area (Å²) in [5.41, 5.74) is 0.729. The molecule has 0 atom stereocenters. The summed E-state index contributed by atoms with van der Waals surface area (Å²) in [4.78, 5) is 4.78. The molecule has 0 amide bonds. The Hall–Kier alpha value is -4.17. The van der Waals surface area contributed by atoms with E-state index < -0.39 is 23.5 Å². The van der Waals surface area contributed by atoms with Crippen molar-refractivity contribution in [2.24, 2.45) is 0 Å². The molecular formula is C31H17F6NS. The number of fused-ring (bicyclic) bond motifs is 2. The van der Waals surface area contributed by atoms with Crippen molar-refractivity contribution in [3.05, 3.63) is 114 Å². The van der Waals surface area contributed by atoms with Gasteiger partial charge < -0.3 is 0 Å². The van der Waals surface area contributed by atoms with Crippen molar-refractivity contribution in [3.8, 4) is 32.8 Å². The minimum absolute atomic E-state index is 0.140. The Kier molecular flexibility index (Phi) is 5.95. The Balaban J connectivity index is 1.49. The first-order valence-electron chi connectivity index (χ1n) is 11.9. The number of para-hydroxylation sites is 1. The van der Waals surface area contributed by atoms with E-state index in [9.17, 15) is 26.3 Å². The molecule has 0 aliphatic rings. The largest absolute Gasteiger partial charge is 0.416 e. The van der Waals surface area contributed by atoms with Crippen LogP contribution in [0.15, 0.2) is 103 Å². The average Bonchev–Trinajstić information content (AvgIpc) is 3.35. The Labute approximate surface area is 223 Å². The maximum atomic E-state index is 13.4. The van der Waals surface area contributed by atoms with Crippen molar-refractivity contribution in [2.75, 3.05) is 0 Å². The normalized spacial score (nSPS) is 12.4. The second-order valence-electron chi connectivity index (χ2n) is 9.07. The zero-order valence-electron chi connectivity index (χ0n) is 19.9. The molecule has 0 bridgehead atoms. The van der Waals surface area contributed by atoms with Gasteiger partial charge in [0.2, 0.25) is 0 Å². The van der Waals surface area contributed by atoms with E-state index in [4.69, 9.17) is 4.98 Å². The molecule has 1 heterocycles. The lowest BCUT2D eigenvalue weighted by molar-refractivity contribution is -0.143. The van der Waals surface area contributed by atoms with E-state index >= 15 is 0 Å². The lowest BCUT2D eigenvalue weighted by atomic mass is 9.92. The zero-order valence-corrected chi connectivity index (χ0v) is 20.8. The molecule has 5 aromatic carbocycles. The van der Waals surface area contributed by atoms with Crippen LogP contribution < -0.4 is 0 Å². The van der Waals surface area contributed by atoms with Crippen LogP contribution in [0.1, 0.15) is 11.1 Å². The molecule has 1 aromatic heterocycles. The van der Waals surface area contributed by atoms with Gasteiger partial charge in [-0.1, -0.05) is 66.7 Å². The molecule has 194 valence electrons. The zero-order chi connectivity index (χ0) is 27.4. The first kappa shape index (κ1) is 25.1. The van der Waals surface area contributed by atoms with E-state index in [-0.39, 0.29) is 17.2 Å². The van der Waals surface area contributed by atoms with E-state index in [1.807, 2.05) is 60.7 Å². The van der Waals surface area contributed by atoms with Crippen LogP contribution in [0.3, 0.4) is 0 Å². The van der Waals surface area contributed by atoms with E-state index in [2.05, 4.69) is 0 Å². The van der Waals surface area contributed by atoms with Crippen LogP contribution >= 0.6 is 11.3 Å². The standard InChI is InChI=1S/C31H17F6NS/c32-30(33,34)21-15-20(16-22(17-21)31(35,36)37)18-6-5-7-19(14-18)23-12-13-26(25-9-2-1-8-24(23)25)29-38-27-10-3-4-11-28(27)39-29/h1-17H. The fourth-order valence-corrected chi connectivity index (χ4v) is 5.72. The number of benzene rings is 5. The summed E-state index contributed by atoms with van der Waals surface area (Å²) in [5.74, 6) is 0. The van der Waals surface area contributed by atoms with Crippen LogP contribution in [-0.4, -0.2) is 4.98 Å². The number of thiazole rings is 1. The van der Waals surface area contributed by atoms with E-state index in [1.54, 1.807) is 29.5 Å². The summed E-state index contributed by atoms with van der Waals surface area (Å²) in [5, 5.41) is 2.70. The van der Waals surface area contributed by atoms with Gasteiger partial charge in [0.1, 0.15) is 5.01 Å². The monoisotopic (exact) mass is 549 g/mol. The second-order valence-corrected chi connectivity index (χ2v) is 10.1. The van der Waals surface area contributed by atoms with Crippen LogP contribution in [0.5, 0.6) is 0 Å². The van der Waals surface area contributed by atoms with Gasteiger partial charge in [0.05, 0.1) is 21.3 Å². The van der Waals surface area contributed by atoms with Crippen molar-refractivity contribution in [2.45, 2.75) is 12.4 Å². The third-order valence-electron chi connectivity index (χ3n) is 6.54. The minimum Gasteiger partial charge on any atom is -0.236 e. The van der Waals surface area contributed by atoms with Gasteiger partial charge in [0, 0.05) is 5.56 Å². The third kappa shape index (κ3) is 4.76. The predicted molar refractivity (Wildman–Crippen MR) is 143 cm³/mol. The van der Waals surface area contributed by atoms with Crippen molar-refractivity contribution in [1.82, 2.24) is 4.98 Å². The van der Waals surface area contributed by atoms with Crippen molar-refractivity contribution >= 4 is 32.3 Å². The van der Waals surface area contributed by atoms with E-state index in [0.29, 0.717) is 5.56 Å². The van der Waals surface area contributed by atoms with Gasteiger partial charge in [-0.3, -0.25) is 0 Å². The van der Waals surface area contributed by atoms with Gasteiger partial charge in [0.15, 0.2) is 0 Å². The fourth-order valence-electron chi connectivity index (χ4n) is 4.71. The average molecular weight is 550 g/mol. The lowest BCUT2D eigenvalue weighted by Crippen LogP contribution is -2.11. The number of hydrogen-bond donors (Lipinski definition) is 0. The molecule has 0 aliphatic heterocycles. The number of aromatic nitrogens is 1. The predicted octanol–water partition coefficient (Wildman–Crippen LogP) is 10.5. The van der Waals surface area contributed by atoms with Crippen molar-refractivity contribution in [3.63, 3.8) is 0 Å². The van der Waals surface area contributed by atoms with Gasteiger partial charge in [-0.05, 0) is 69.4 Å². The molecule has 0 aliphatic carbocycles. The maximum absolute atomic E-state index is 13.4. The molecule has 6 rings (SSSR count). The highest BCUT2D eigenvalue weighted by molar-refractivity contribution is 7.21. The summed E-state index contributed by atoms with van der Waals surface area (Å²) in [6.45, 7) is 0. The molecule has 8 heteroatoms. The fraction of sp³-hybridized carbons (Fsp3) is 0.0645. The highest BCUT2D eigenvalue weighted by atomic mass is 32.1. The quantitative estimate of drug-likeness (QED) is 0.200. The molecule has 1 nitrogen and oxygen atoms in total. The summed E-state index contributed by atoms with van der Waals surface area (Å²) in [6.07, 6.45) is -9.83. The van der Waals surface area contributed by atoms with Gasteiger partial charge in [-0.15, -0.1) is 11.3 Å². The first-order valence-corrected chi connectivity index (χ1v) is 12.7. The summed E-state index contributed by atoms with van der Waals surface area (Å²) < 4.78 is 81.7. The Bertz CT molecular complexity index is 1780. The Morgan fingerprint density at radius 3 is 1.77 bits per heavy atom. The Morgan fingerprint density at radius 2 is 1.10 bits per heavy atom. The van der Waals surface area contributed by atoms with Crippen LogP contribution in [0, 0.1) is 0 Å². The number of halogens is 6. The number of rotatable bonds is 3. The number of hydrogen-bond acceptors (Lipinski definition) is 2. The second kappa shape index (κ2) is 9.24. The molecule has 6 aromatic rings. The van der Waals surface area contributed by atoms with Gasteiger partial charge >= 0.3 is 12.4 Å². The topological polar surface area (TPSA) is 12.9 Å². The summed E-state index contributed by atoms with van der Waals surface area (Å²) in [6, 6.07) is 27.7. The van der Waals surface area contributed by atoms with Crippen molar-refractivity contribution in [1.29, 1.82) is 0 Å². The number of nitrogens with zero attached hydrogens (tertiary/aromatic N) is 1.